The molecule has 0 fully saturated rings. The monoisotopic (exact) mass is 197 g/mol. The molecule has 0 aliphatic carbocycles. The molecular weight excluding hydrogens is 182 g/mol. The molecule has 1 atom stereocenters. The van der Waals surface area contributed by atoms with E-state index in [4.69, 9.17) is 0 Å². The van der Waals surface area contributed by atoms with Gasteiger partial charge in [0.2, 0.25) is 0 Å². The molecule has 14 heavy (non-hydrogen) atoms. The van der Waals surface area contributed by atoms with E-state index in [-0.39, 0.29) is 11.4 Å². The highest BCUT2D eigenvalue weighted by Crippen LogP contribution is 2.07. The van der Waals surface area contributed by atoms with Crippen LogP contribution in [0.15, 0.2) is 17.2 Å². The van der Waals surface area contributed by atoms with Crippen LogP contribution in [-0.2, 0) is 0 Å². The van der Waals surface area contributed by atoms with Crippen LogP contribution in [0, 0.1) is 0 Å². The summed E-state index contributed by atoms with van der Waals surface area (Å²) in [5.41, 5.74) is -1.09. The molecule has 5 heteroatoms. The van der Waals surface area contributed by atoms with Crippen LogP contribution in [0.3, 0.4) is 0 Å². The van der Waals surface area contributed by atoms with Crippen molar-refractivity contribution in [2.75, 3.05) is 11.9 Å². The fourth-order valence-electron chi connectivity index (χ4n) is 0.877. The first-order valence-corrected chi connectivity index (χ1v) is 4.55. The number of anilines is 1. The van der Waals surface area contributed by atoms with Crippen molar-refractivity contribution in [1.82, 2.24) is 9.97 Å². The number of rotatable bonds is 4. The maximum absolute atomic E-state index is 11.2. The molecule has 0 aliphatic heterocycles. The van der Waals surface area contributed by atoms with Crippen LogP contribution in [0.25, 0.3) is 0 Å². The van der Waals surface area contributed by atoms with Crippen molar-refractivity contribution in [3.8, 4) is 0 Å². The highest BCUT2D eigenvalue weighted by atomic mass is 16.3. The summed E-state index contributed by atoms with van der Waals surface area (Å²) in [5.74, 6) is 0.237. The molecule has 1 heterocycles. The van der Waals surface area contributed by atoms with E-state index in [0.717, 1.165) is 0 Å². The molecule has 0 spiro atoms. The van der Waals surface area contributed by atoms with E-state index in [0.29, 0.717) is 13.0 Å². The summed E-state index contributed by atoms with van der Waals surface area (Å²) in [6, 6.07) is 0. The highest BCUT2D eigenvalue weighted by Gasteiger charge is 2.17. The number of nitrogens with one attached hydrogen (secondary N) is 2. The molecule has 1 aromatic rings. The van der Waals surface area contributed by atoms with Crippen molar-refractivity contribution in [3.05, 3.63) is 22.7 Å². The molecule has 1 rings (SSSR count). The lowest BCUT2D eigenvalue weighted by Gasteiger charge is -2.21. The molecule has 0 saturated heterocycles. The zero-order valence-corrected chi connectivity index (χ0v) is 8.37. The molecule has 3 N–H and O–H groups in total. The van der Waals surface area contributed by atoms with Crippen molar-refractivity contribution in [2.24, 2.45) is 0 Å². The smallest absolute Gasteiger partial charge is 0.290 e. The summed E-state index contributed by atoms with van der Waals surface area (Å²) in [4.78, 5) is 17.5. The molecule has 0 bridgehead atoms. The number of aromatic amines is 1. The fourth-order valence-corrected chi connectivity index (χ4v) is 0.877. The molecule has 0 radical (unpaired) electrons. The first-order chi connectivity index (χ1) is 6.55. The van der Waals surface area contributed by atoms with E-state index < -0.39 is 5.60 Å². The SMILES string of the molecule is CCC(C)(O)CNc1ncc[nH]c1=O. The summed E-state index contributed by atoms with van der Waals surface area (Å²) >= 11 is 0. The minimum atomic E-state index is -0.816. The van der Waals surface area contributed by atoms with Crippen LogP contribution in [0.2, 0.25) is 0 Å². The molecule has 0 aromatic carbocycles. The number of nitrogens with zero attached hydrogens (tertiary/aromatic N) is 1. The summed E-state index contributed by atoms with van der Waals surface area (Å²) in [6.45, 7) is 3.89. The summed E-state index contributed by atoms with van der Waals surface area (Å²) < 4.78 is 0. The lowest BCUT2D eigenvalue weighted by atomic mass is 10.0. The van der Waals surface area contributed by atoms with Crippen LogP contribution in [0.4, 0.5) is 5.82 Å². The van der Waals surface area contributed by atoms with Gasteiger partial charge in [0.25, 0.3) is 5.56 Å². The second-order valence-corrected chi connectivity index (χ2v) is 3.47. The first-order valence-electron chi connectivity index (χ1n) is 4.55. The van der Waals surface area contributed by atoms with Gasteiger partial charge in [-0.2, -0.15) is 0 Å². The Morgan fingerprint density at radius 2 is 2.43 bits per heavy atom. The van der Waals surface area contributed by atoms with Crippen LogP contribution in [0.1, 0.15) is 20.3 Å². The van der Waals surface area contributed by atoms with E-state index >= 15 is 0 Å². The van der Waals surface area contributed by atoms with Crippen molar-refractivity contribution in [1.29, 1.82) is 0 Å². The maximum Gasteiger partial charge on any atom is 0.290 e. The molecule has 1 aromatic heterocycles. The molecule has 5 nitrogen and oxygen atoms in total. The van der Waals surface area contributed by atoms with Gasteiger partial charge in [0.1, 0.15) is 0 Å². The van der Waals surface area contributed by atoms with Crippen LogP contribution in [-0.4, -0.2) is 27.2 Å². The van der Waals surface area contributed by atoms with E-state index in [9.17, 15) is 9.90 Å². The Kier molecular flexibility index (Phi) is 3.24. The van der Waals surface area contributed by atoms with Gasteiger partial charge in [0.05, 0.1) is 5.60 Å². The minimum absolute atomic E-state index is 0.237. The summed E-state index contributed by atoms with van der Waals surface area (Å²) in [6.07, 6.45) is 3.57. The number of aromatic nitrogens is 2. The molecule has 1 unspecified atom stereocenters. The van der Waals surface area contributed by atoms with Crippen LogP contribution >= 0.6 is 0 Å². The number of hydrogen-bond acceptors (Lipinski definition) is 4. The van der Waals surface area contributed by atoms with Crippen molar-refractivity contribution in [3.63, 3.8) is 0 Å². The van der Waals surface area contributed by atoms with Crippen LogP contribution in [0.5, 0.6) is 0 Å². The Morgan fingerprint density at radius 3 is 3.00 bits per heavy atom. The van der Waals surface area contributed by atoms with Crippen LogP contribution < -0.4 is 10.9 Å². The molecule has 0 amide bonds. The zero-order valence-electron chi connectivity index (χ0n) is 8.37. The lowest BCUT2D eigenvalue weighted by molar-refractivity contribution is 0.0696. The van der Waals surface area contributed by atoms with E-state index in [2.05, 4.69) is 15.3 Å². The Hall–Kier alpha value is -1.36. The second-order valence-electron chi connectivity index (χ2n) is 3.47. The van der Waals surface area contributed by atoms with Crippen molar-refractivity contribution < 1.29 is 5.11 Å². The van der Waals surface area contributed by atoms with Gasteiger partial charge in [-0.3, -0.25) is 4.79 Å². The minimum Gasteiger partial charge on any atom is -0.388 e. The quantitative estimate of drug-likeness (QED) is 0.650. The van der Waals surface area contributed by atoms with Gasteiger partial charge in [-0.15, -0.1) is 0 Å². The highest BCUT2D eigenvalue weighted by molar-refractivity contribution is 5.30. The lowest BCUT2D eigenvalue weighted by Crippen LogP contribution is -2.34. The fraction of sp³-hybridized carbons (Fsp3) is 0.556. The van der Waals surface area contributed by atoms with Gasteiger partial charge in [-0.05, 0) is 13.3 Å². The van der Waals surface area contributed by atoms with Gasteiger partial charge in [-0.1, -0.05) is 6.92 Å². The third kappa shape index (κ3) is 2.85. The standard InChI is InChI=1S/C9H15N3O2/c1-3-9(2,14)6-12-7-8(13)11-5-4-10-7/h4-5,14H,3,6H2,1-2H3,(H,10,12)(H,11,13). The Balaban J connectivity index is 2.63. The number of H-pyrrole nitrogens is 1. The average Bonchev–Trinajstić information content (AvgIpc) is 2.17. The van der Waals surface area contributed by atoms with Gasteiger partial charge >= 0.3 is 0 Å². The molecule has 0 aliphatic rings. The average molecular weight is 197 g/mol. The predicted octanol–water partition coefficient (Wildman–Crippen LogP) is 0.343. The van der Waals surface area contributed by atoms with Crippen molar-refractivity contribution in [2.45, 2.75) is 25.9 Å². The largest absolute Gasteiger partial charge is 0.388 e. The van der Waals surface area contributed by atoms with Crippen molar-refractivity contribution >= 4 is 5.82 Å². The molecule has 78 valence electrons. The Morgan fingerprint density at radius 1 is 1.71 bits per heavy atom. The number of hydrogen-bond donors (Lipinski definition) is 3. The van der Waals surface area contributed by atoms with E-state index in [1.807, 2.05) is 6.92 Å². The maximum atomic E-state index is 11.2. The van der Waals surface area contributed by atoms with E-state index in [1.165, 1.54) is 12.4 Å². The third-order valence-corrected chi connectivity index (χ3v) is 2.11. The van der Waals surface area contributed by atoms with E-state index in [1.54, 1.807) is 6.92 Å². The Labute approximate surface area is 82.2 Å². The van der Waals surface area contributed by atoms with Gasteiger partial charge < -0.3 is 15.4 Å². The van der Waals surface area contributed by atoms with Gasteiger partial charge in [0, 0.05) is 18.9 Å². The third-order valence-electron chi connectivity index (χ3n) is 2.11. The molecule has 0 saturated carbocycles. The summed E-state index contributed by atoms with van der Waals surface area (Å²) in [5, 5.41) is 12.5. The number of aliphatic hydroxyl groups is 1. The Bertz CT molecular complexity index is 346. The molecular formula is C9H15N3O2. The second kappa shape index (κ2) is 4.23. The van der Waals surface area contributed by atoms with Gasteiger partial charge in [0.15, 0.2) is 5.82 Å². The first kappa shape index (κ1) is 10.7. The predicted molar refractivity (Wildman–Crippen MR) is 54.3 cm³/mol. The zero-order chi connectivity index (χ0) is 10.6. The normalized spacial score (nSPS) is 14.8. The summed E-state index contributed by atoms with van der Waals surface area (Å²) in [7, 11) is 0. The topological polar surface area (TPSA) is 78.0 Å². The van der Waals surface area contributed by atoms with Gasteiger partial charge in [-0.25, -0.2) is 4.98 Å².